The number of aromatic nitrogens is 5. The third-order valence-corrected chi connectivity index (χ3v) is 5.54. The molecule has 5 rings (SSSR count). The number of nitrogens with zero attached hydrogens (tertiary/aromatic N) is 4. The van der Waals surface area contributed by atoms with Crippen molar-refractivity contribution in [1.29, 1.82) is 0 Å². The van der Waals surface area contributed by atoms with Gasteiger partial charge in [0.1, 0.15) is 11.3 Å². The lowest BCUT2D eigenvalue weighted by Gasteiger charge is -2.09. The van der Waals surface area contributed by atoms with Crippen molar-refractivity contribution in [1.82, 2.24) is 24.9 Å². The Labute approximate surface area is 208 Å². The highest BCUT2D eigenvalue weighted by molar-refractivity contribution is 5.92. The lowest BCUT2D eigenvalue weighted by molar-refractivity contribution is -0.141. The molecule has 8 nitrogen and oxygen atoms in total. The number of anilines is 1. The van der Waals surface area contributed by atoms with Crippen LogP contribution in [0.15, 0.2) is 73.3 Å². The molecule has 186 valence electrons. The van der Waals surface area contributed by atoms with Crippen LogP contribution in [0.3, 0.4) is 0 Å². The summed E-state index contributed by atoms with van der Waals surface area (Å²) in [6.07, 6.45) is 1.28. The third-order valence-electron chi connectivity index (χ3n) is 5.54. The second-order valence-electron chi connectivity index (χ2n) is 8.14. The van der Waals surface area contributed by atoms with Crippen molar-refractivity contribution in [3.8, 4) is 28.4 Å². The first kappa shape index (κ1) is 23.9. The van der Waals surface area contributed by atoms with Crippen LogP contribution in [-0.2, 0) is 17.4 Å². The van der Waals surface area contributed by atoms with Gasteiger partial charge in [-0.15, -0.1) is 0 Å². The van der Waals surface area contributed by atoms with Crippen molar-refractivity contribution in [2.75, 3.05) is 12.4 Å². The van der Waals surface area contributed by atoms with Gasteiger partial charge in [0.2, 0.25) is 11.8 Å². The van der Waals surface area contributed by atoms with Gasteiger partial charge in [-0.25, -0.2) is 9.97 Å². The number of aromatic amines is 1. The molecule has 0 spiro atoms. The SMILES string of the molecule is COc1cc(-c2cc3cc(-c4ccc(CC(=O)Nc5ccnc(C(F)(F)F)c5)cn4)cnc3[nH]2)ccn1. The molecule has 2 N–H and O–H groups in total. The van der Waals surface area contributed by atoms with E-state index in [-0.39, 0.29) is 12.1 Å². The number of hydrogen-bond acceptors (Lipinski definition) is 6. The van der Waals surface area contributed by atoms with E-state index in [0.29, 0.717) is 22.8 Å². The van der Waals surface area contributed by atoms with E-state index in [0.717, 1.165) is 34.5 Å². The van der Waals surface area contributed by atoms with Crippen molar-refractivity contribution in [3.05, 3.63) is 84.6 Å². The van der Waals surface area contributed by atoms with Gasteiger partial charge in [0.15, 0.2) is 0 Å². The molecule has 0 aliphatic rings. The van der Waals surface area contributed by atoms with Gasteiger partial charge in [0.25, 0.3) is 0 Å². The number of methoxy groups -OCH3 is 1. The predicted molar refractivity (Wildman–Crippen MR) is 131 cm³/mol. The average molecular weight is 504 g/mol. The van der Waals surface area contributed by atoms with Crippen molar-refractivity contribution in [2.24, 2.45) is 0 Å². The van der Waals surface area contributed by atoms with Crippen molar-refractivity contribution in [2.45, 2.75) is 12.6 Å². The van der Waals surface area contributed by atoms with Gasteiger partial charge in [-0.2, -0.15) is 13.2 Å². The minimum atomic E-state index is -4.59. The number of alkyl halides is 3. The van der Waals surface area contributed by atoms with Crippen molar-refractivity contribution in [3.63, 3.8) is 0 Å². The Morgan fingerprint density at radius 1 is 0.946 bits per heavy atom. The molecule has 0 saturated heterocycles. The van der Waals surface area contributed by atoms with Gasteiger partial charge in [-0.1, -0.05) is 6.07 Å². The Hall–Kier alpha value is -4.80. The highest BCUT2D eigenvalue weighted by Crippen LogP contribution is 2.29. The molecule has 0 saturated carbocycles. The fourth-order valence-corrected chi connectivity index (χ4v) is 3.75. The van der Waals surface area contributed by atoms with Gasteiger partial charge in [-0.05, 0) is 42.0 Å². The summed E-state index contributed by atoms with van der Waals surface area (Å²) in [5.74, 6) is 0.0409. The number of amides is 1. The topological polar surface area (TPSA) is 106 Å². The Morgan fingerprint density at radius 2 is 1.78 bits per heavy atom. The second-order valence-corrected chi connectivity index (χ2v) is 8.14. The summed E-state index contributed by atoms with van der Waals surface area (Å²) in [7, 11) is 1.56. The van der Waals surface area contributed by atoms with E-state index in [1.165, 1.54) is 6.07 Å². The van der Waals surface area contributed by atoms with Gasteiger partial charge in [0, 0.05) is 58.7 Å². The number of carbonyl (C=O) groups excluding carboxylic acids is 1. The number of hydrogen-bond donors (Lipinski definition) is 2. The number of halogens is 3. The Bertz CT molecular complexity index is 1580. The quantitative estimate of drug-likeness (QED) is 0.326. The fourth-order valence-electron chi connectivity index (χ4n) is 3.75. The maximum atomic E-state index is 12.8. The number of pyridine rings is 4. The van der Waals surface area contributed by atoms with Gasteiger partial charge in [0.05, 0.1) is 19.2 Å². The summed E-state index contributed by atoms with van der Waals surface area (Å²) in [6.45, 7) is 0. The Kier molecular flexibility index (Phi) is 6.26. The smallest absolute Gasteiger partial charge is 0.433 e. The van der Waals surface area contributed by atoms with Crippen molar-refractivity contribution >= 4 is 22.6 Å². The molecule has 0 aromatic carbocycles. The van der Waals surface area contributed by atoms with E-state index in [1.807, 2.05) is 24.3 Å². The highest BCUT2D eigenvalue weighted by atomic mass is 19.4. The van der Waals surface area contributed by atoms with E-state index in [4.69, 9.17) is 4.74 Å². The highest BCUT2D eigenvalue weighted by Gasteiger charge is 2.32. The zero-order valence-corrected chi connectivity index (χ0v) is 19.4. The molecule has 37 heavy (non-hydrogen) atoms. The van der Waals surface area contributed by atoms with Crippen molar-refractivity contribution < 1.29 is 22.7 Å². The lowest BCUT2D eigenvalue weighted by Crippen LogP contribution is -2.16. The molecule has 0 bridgehead atoms. The molecule has 0 fully saturated rings. The summed E-state index contributed by atoms with van der Waals surface area (Å²) >= 11 is 0. The van der Waals surface area contributed by atoms with Crippen LogP contribution < -0.4 is 10.1 Å². The Balaban J connectivity index is 1.29. The molecule has 5 aromatic heterocycles. The molecule has 0 radical (unpaired) electrons. The Morgan fingerprint density at radius 3 is 2.54 bits per heavy atom. The van der Waals surface area contributed by atoms with Crippen LogP contribution in [0, 0.1) is 0 Å². The first-order valence-corrected chi connectivity index (χ1v) is 11.1. The molecule has 0 aliphatic carbocycles. The summed E-state index contributed by atoms with van der Waals surface area (Å²) in [4.78, 5) is 32.0. The number of ether oxygens (including phenoxy) is 1. The molecule has 0 unspecified atom stereocenters. The molecule has 5 heterocycles. The maximum absolute atomic E-state index is 12.8. The lowest BCUT2D eigenvalue weighted by atomic mass is 10.1. The summed E-state index contributed by atoms with van der Waals surface area (Å²) in [5.41, 5.74) is 3.50. The predicted octanol–water partition coefficient (Wildman–Crippen LogP) is 5.29. The largest absolute Gasteiger partial charge is 0.481 e. The van der Waals surface area contributed by atoms with Crippen LogP contribution in [0.5, 0.6) is 5.88 Å². The summed E-state index contributed by atoms with van der Waals surface area (Å²) in [5, 5.41) is 3.35. The molecule has 5 aromatic rings. The number of fused-ring (bicyclic) bond motifs is 1. The number of rotatable bonds is 6. The van der Waals surface area contributed by atoms with E-state index in [9.17, 15) is 18.0 Å². The molecule has 1 amide bonds. The zero-order valence-electron chi connectivity index (χ0n) is 19.4. The van der Waals surface area contributed by atoms with E-state index < -0.39 is 17.8 Å². The molecular weight excluding hydrogens is 485 g/mol. The number of H-pyrrole nitrogens is 1. The standard InChI is InChI=1S/C26H19F3N6O2/c1-37-24-11-16(4-6-31-24)21-10-17-9-18(14-33-25(17)35-21)20-3-2-15(13-32-20)8-23(36)34-19-5-7-30-22(12-19)26(27,28)29/h2-7,9-14H,8H2,1H3,(H,33,35)(H,30,34,36). The molecule has 11 heteroatoms. The fraction of sp³-hybridized carbons (Fsp3) is 0.115. The zero-order chi connectivity index (χ0) is 26.0. The maximum Gasteiger partial charge on any atom is 0.433 e. The number of nitrogens with one attached hydrogen (secondary N) is 2. The van der Waals surface area contributed by atoms with Crippen LogP contribution in [0.2, 0.25) is 0 Å². The molecule has 0 atom stereocenters. The monoisotopic (exact) mass is 504 g/mol. The number of carbonyl (C=O) groups is 1. The minimum absolute atomic E-state index is 0.0207. The van der Waals surface area contributed by atoms with Crippen LogP contribution in [0.1, 0.15) is 11.3 Å². The van der Waals surface area contributed by atoms with E-state index >= 15 is 0 Å². The summed E-state index contributed by atoms with van der Waals surface area (Å²) < 4.78 is 43.7. The minimum Gasteiger partial charge on any atom is -0.481 e. The van der Waals surface area contributed by atoms with Gasteiger partial charge >= 0.3 is 6.18 Å². The first-order chi connectivity index (χ1) is 17.8. The third kappa shape index (κ3) is 5.40. The van der Waals surface area contributed by atoms with Crippen LogP contribution >= 0.6 is 0 Å². The van der Waals surface area contributed by atoms with E-state index in [1.54, 1.807) is 37.8 Å². The normalized spacial score (nSPS) is 11.5. The van der Waals surface area contributed by atoms with E-state index in [2.05, 4.69) is 30.2 Å². The average Bonchev–Trinajstić information content (AvgIpc) is 3.32. The first-order valence-electron chi connectivity index (χ1n) is 11.1. The molecule has 0 aliphatic heterocycles. The summed E-state index contributed by atoms with van der Waals surface area (Å²) in [6, 6.07) is 13.2. The van der Waals surface area contributed by atoms with Gasteiger partial charge < -0.3 is 15.0 Å². The van der Waals surface area contributed by atoms with Crippen LogP contribution in [-0.4, -0.2) is 37.9 Å². The van der Waals surface area contributed by atoms with Crippen LogP contribution in [0.4, 0.5) is 18.9 Å². The second kappa shape index (κ2) is 9.69. The van der Waals surface area contributed by atoms with Gasteiger partial charge in [-0.3, -0.25) is 14.8 Å². The van der Waals surface area contributed by atoms with Crippen LogP contribution in [0.25, 0.3) is 33.5 Å². The molecular formula is C26H19F3N6O2.